The molecule has 2 atom stereocenters. The van der Waals surface area contributed by atoms with E-state index in [1.165, 1.54) is 4.90 Å². The van der Waals surface area contributed by atoms with Gasteiger partial charge in [0.15, 0.2) is 6.23 Å². The first-order valence-electron chi connectivity index (χ1n) is 5.49. The number of hydrogen-bond acceptors (Lipinski definition) is 3. The van der Waals surface area contributed by atoms with Crippen LogP contribution < -0.4 is 4.74 Å². The van der Waals surface area contributed by atoms with Crippen LogP contribution in [0.25, 0.3) is 0 Å². The number of ether oxygens (including phenoxy) is 2. The zero-order valence-corrected chi connectivity index (χ0v) is 12.4. The van der Waals surface area contributed by atoms with Crippen LogP contribution in [0.2, 0.25) is 5.02 Å². The molecule has 1 aliphatic rings. The summed E-state index contributed by atoms with van der Waals surface area (Å²) in [6.07, 6.45) is -0.781. The maximum Gasteiger partial charge on any atom is 0.253 e. The van der Waals surface area contributed by atoms with E-state index in [0.717, 1.165) is 4.47 Å². The van der Waals surface area contributed by atoms with Crippen LogP contribution in [0, 0.1) is 0 Å². The van der Waals surface area contributed by atoms with Gasteiger partial charge in [-0.1, -0.05) is 27.5 Å². The third-order valence-corrected chi connectivity index (χ3v) is 3.55. The summed E-state index contributed by atoms with van der Waals surface area (Å²) in [7, 11) is 1.70. The highest BCUT2D eigenvalue weighted by Crippen LogP contribution is 2.28. The van der Waals surface area contributed by atoms with E-state index in [0.29, 0.717) is 10.8 Å². The zero-order chi connectivity index (χ0) is 13.3. The van der Waals surface area contributed by atoms with Crippen LogP contribution in [0.1, 0.15) is 6.92 Å². The van der Waals surface area contributed by atoms with Crippen LogP contribution >= 0.6 is 27.5 Å². The van der Waals surface area contributed by atoms with Gasteiger partial charge in [0.25, 0.3) is 5.91 Å². The van der Waals surface area contributed by atoms with Crippen molar-refractivity contribution in [3.8, 4) is 5.75 Å². The molecule has 1 fully saturated rings. The average Bonchev–Trinajstić information content (AvgIpc) is 2.56. The van der Waals surface area contributed by atoms with E-state index in [1.807, 2.05) is 6.07 Å². The Morgan fingerprint density at radius 2 is 2.28 bits per heavy atom. The van der Waals surface area contributed by atoms with Gasteiger partial charge in [-0.25, -0.2) is 0 Å². The summed E-state index contributed by atoms with van der Waals surface area (Å²) in [4.78, 5) is 13.1. The maximum atomic E-state index is 11.6. The summed E-state index contributed by atoms with van der Waals surface area (Å²) >= 11 is 9.35. The minimum absolute atomic E-state index is 0.0366. The molecule has 0 aromatic heterocycles. The van der Waals surface area contributed by atoms with Gasteiger partial charge in [0.1, 0.15) is 18.5 Å². The van der Waals surface area contributed by atoms with E-state index in [1.54, 1.807) is 26.1 Å². The molecule has 0 radical (unpaired) electrons. The Labute approximate surface area is 119 Å². The molecule has 1 amide bonds. The molecule has 1 aliphatic heterocycles. The number of benzene rings is 1. The predicted octanol–water partition coefficient (Wildman–Crippen LogP) is 2.68. The molecule has 4 nitrogen and oxygen atoms in total. The summed E-state index contributed by atoms with van der Waals surface area (Å²) in [6.45, 7) is 1.99. The fourth-order valence-corrected chi connectivity index (χ4v) is 2.45. The lowest BCUT2D eigenvalue weighted by molar-refractivity contribution is -0.128. The lowest BCUT2D eigenvalue weighted by Gasteiger charge is -2.18. The van der Waals surface area contributed by atoms with Crippen LogP contribution in [0.5, 0.6) is 5.75 Å². The Morgan fingerprint density at radius 3 is 2.83 bits per heavy atom. The second kappa shape index (κ2) is 5.47. The fraction of sp³-hybridized carbons (Fsp3) is 0.417. The number of nitrogens with zero attached hydrogens (tertiary/aromatic N) is 1. The van der Waals surface area contributed by atoms with Gasteiger partial charge >= 0.3 is 0 Å². The Hall–Kier alpha value is -0.780. The fourth-order valence-electron chi connectivity index (χ4n) is 1.72. The first-order chi connectivity index (χ1) is 8.49. The monoisotopic (exact) mass is 333 g/mol. The van der Waals surface area contributed by atoms with Crippen molar-refractivity contribution in [3.05, 3.63) is 27.7 Å². The zero-order valence-electron chi connectivity index (χ0n) is 10.0. The Morgan fingerprint density at radius 1 is 1.56 bits per heavy atom. The molecule has 1 heterocycles. The van der Waals surface area contributed by atoms with Crippen molar-refractivity contribution in [3.63, 3.8) is 0 Å². The summed E-state index contributed by atoms with van der Waals surface area (Å²) in [5.41, 5.74) is 0. The second-order valence-corrected chi connectivity index (χ2v) is 5.39. The SMILES string of the molecule is CC1OC(COc2ccc(Br)cc2Cl)N(C)C1=O. The van der Waals surface area contributed by atoms with Gasteiger partial charge in [-0.2, -0.15) is 0 Å². The van der Waals surface area contributed by atoms with Crippen molar-refractivity contribution in [2.75, 3.05) is 13.7 Å². The second-order valence-electron chi connectivity index (χ2n) is 4.07. The normalized spacial score (nSPS) is 23.6. The number of amides is 1. The van der Waals surface area contributed by atoms with Crippen LogP contribution in [-0.2, 0) is 9.53 Å². The molecule has 0 spiro atoms. The third-order valence-electron chi connectivity index (χ3n) is 2.76. The molecule has 18 heavy (non-hydrogen) atoms. The number of hydrogen-bond donors (Lipinski definition) is 0. The van der Waals surface area contributed by atoms with Gasteiger partial charge in [-0.05, 0) is 25.1 Å². The maximum absolute atomic E-state index is 11.6. The van der Waals surface area contributed by atoms with E-state index in [9.17, 15) is 4.79 Å². The number of carbonyl (C=O) groups excluding carboxylic acids is 1. The smallest absolute Gasteiger partial charge is 0.253 e. The number of rotatable bonds is 3. The highest BCUT2D eigenvalue weighted by atomic mass is 79.9. The summed E-state index contributed by atoms with van der Waals surface area (Å²) in [6, 6.07) is 5.37. The number of likely N-dealkylation sites (N-methyl/N-ethyl adjacent to an activating group) is 1. The Kier molecular flexibility index (Phi) is 4.14. The van der Waals surface area contributed by atoms with Crippen LogP contribution in [0.15, 0.2) is 22.7 Å². The quantitative estimate of drug-likeness (QED) is 0.853. The molecular weight excluding hydrogens is 321 g/mol. The summed E-state index contributed by atoms with van der Waals surface area (Å²) in [5, 5.41) is 0.518. The van der Waals surface area contributed by atoms with E-state index in [2.05, 4.69) is 15.9 Å². The molecule has 0 bridgehead atoms. The lowest BCUT2D eigenvalue weighted by Crippen LogP contribution is -2.34. The topological polar surface area (TPSA) is 38.8 Å². The Bertz CT molecular complexity index is 469. The van der Waals surface area contributed by atoms with E-state index < -0.39 is 6.10 Å². The van der Waals surface area contributed by atoms with Gasteiger partial charge in [-0.3, -0.25) is 4.79 Å². The van der Waals surface area contributed by atoms with Crippen molar-refractivity contribution in [1.82, 2.24) is 4.90 Å². The minimum Gasteiger partial charge on any atom is -0.487 e. The van der Waals surface area contributed by atoms with Crippen molar-refractivity contribution in [1.29, 1.82) is 0 Å². The number of carbonyl (C=O) groups is 1. The molecule has 0 saturated carbocycles. The highest BCUT2D eigenvalue weighted by molar-refractivity contribution is 9.10. The largest absolute Gasteiger partial charge is 0.487 e. The average molecular weight is 335 g/mol. The minimum atomic E-state index is -0.413. The van der Waals surface area contributed by atoms with Gasteiger partial charge in [0.05, 0.1) is 5.02 Å². The van der Waals surface area contributed by atoms with E-state index in [-0.39, 0.29) is 18.7 Å². The molecule has 1 aromatic rings. The van der Waals surface area contributed by atoms with Gasteiger partial charge in [-0.15, -0.1) is 0 Å². The Balaban J connectivity index is 1.98. The third kappa shape index (κ3) is 2.79. The van der Waals surface area contributed by atoms with E-state index in [4.69, 9.17) is 21.1 Å². The molecule has 2 unspecified atom stereocenters. The molecule has 0 aliphatic carbocycles. The van der Waals surface area contributed by atoms with E-state index >= 15 is 0 Å². The number of halogens is 2. The first-order valence-corrected chi connectivity index (χ1v) is 6.66. The first kappa shape index (κ1) is 13.6. The van der Waals surface area contributed by atoms with Crippen LogP contribution in [0.4, 0.5) is 0 Å². The van der Waals surface area contributed by atoms with Crippen molar-refractivity contribution in [2.45, 2.75) is 19.3 Å². The van der Waals surface area contributed by atoms with Crippen LogP contribution in [-0.4, -0.2) is 36.8 Å². The van der Waals surface area contributed by atoms with Gasteiger partial charge in [0.2, 0.25) is 0 Å². The molecular formula is C12H13BrClNO3. The molecule has 98 valence electrons. The molecule has 1 saturated heterocycles. The molecule has 6 heteroatoms. The van der Waals surface area contributed by atoms with Crippen molar-refractivity contribution < 1.29 is 14.3 Å². The standard InChI is InChI=1S/C12H13BrClNO3/c1-7-12(16)15(2)11(18-7)6-17-10-4-3-8(13)5-9(10)14/h3-5,7,11H,6H2,1-2H3. The van der Waals surface area contributed by atoms with Gasteiger partial charge < -0.3 is 14.4 Å². The summed E-state index contributed by atoms with van der Waals surface area (Å²) < 4.78 is 11.9. The highest BCUT2D eigenvalue weighted by Gasteiger charge is 2.35. The molecule has 1 aromatic carbocycles. The summed E-state index contributed by atoms with van der Waals surface area (Å²) in [5.74, 6) is 0.536. The molecule has 2 rings (SSSR count). The predicted molar refractivity (Wildman–Crippen MR) is 71.8 cm³/mol. The van der Waals surface area contributed by atoms with Crippen molar-refractivity contribution in [2.24, 2.45) is 0 Å². The van der Waals surface area contributed by atoms with Crippen LogP contribution in [0.3, 0.4) is 0 Å². The lowest BCUT2D eigenvalue weighted by atomic mass is 10.3. The van der Waals surface area contributed by atoms with Gasteiger partial charge in [0, 0.05) is 11.5 Å². The molecule has 0 N–H and O–H groups in total. The van der Waals surface area contributed by atoms with Crippen molar-refractivity contribution >= 4 is 33.4 Å².